The summed E-state index contributed by atoms with van der Waals surface area (Å²) in [5.41, 5.74) is 6.04. The second kappa shape index (κ2) is 9.77. The number of benzene rings is 1. The molecule has 0 unspecified atom stereocenters. The van der Waals surface area contributed by atoms with Gasteiger partial charge >= 0.3 is 0 Å². The second-order valence-corrected chi connectivity index (χ2v) is 6.46. The van der Waals surface area contributed by atoms with Gasteiger partial charge in [-0.2, -0.15) is 0 Å². The van der Waals surface area contributed by atoms with Gasteiger partial charge in [-0.3, -0.25) is 9.59 Å². The molecule has 6 heteroatoms. The number of ether oxygens (including phenoxy) is 1. The predicted molar refractivity (Wildman–Crippen MR) is 94.2 cm³/mol. The highest BCUT2D eigenvalue weighted by Gasteiger charge is 2.23. The van der Waals surface area contributed by atoms with E-state index in [9.17, 15) is 9.59 Å². The van der Waals surface area contributed by atoms with Gasteiger partial charge in [-0.1, -0.05) is 11.6 Å². The number of nitrogens with zero attached hydrogens (tertiary/aromatic N) is 1. The van der Waals surface area contributed by atoms with Crippen LogP contribution in [0, 0.1) is 0 Å². The van der Waals surface area contributed by atoms with Crippen molar-refractivity contribution in [3.8, 4) is 0 Å². The third kappa shape index (κ3) is 5.89. The van der Waals surface area contributed by atoms with Gasteiger partial charge in [0, 0.05) is 43.1 Å². The molecule has 1 fully saturated rings. The van der Waals surface area contributed by atoms with Crippen molar-refractivity contribution in [3.63, 3.8) is 0 Å². The maximum Gasteiger partial charge on any atom is 0.223 e. The number of amides is 1. The molecule has 0 spiro atoms. The Bertz CT molecular complexity index is 540. The fourth-order valence-corrected chi connectivity index (χ4v) is 2.89. The van der Waals surface area contributed by atoms with Crippen molar-refractivity contribution in [1.82, 2.24) is 4.90 Å². The largest absolute Gasteiger partial charge is 0.378 e. The first-order valence-electron chi connectivity index (χ1n) is 8.48. The van der Waals surface area contributed by atoms with Gasteiger partial charge < -0.3 is 15.4 Å². The molecule has 1 aliphatic rings. The number of Topliss-reactive ketones (excluding diaryl/α,β-unsaturated/α-hetero) is 1. The molecular formula is C18H25ClN2O3. The summed E-state index contributed by atoms with van der Waals surface area (Å²) >= 11 is 5.81. The molecule has 0 aliphatic carbocycles. The lowest BCUT2D eigenvalue weighted by molar-refractivity contribution is -0.133. The highest BCUT2D eigenvalue weighted by Crippen LogP contribution is 2.16. The van der Waals surface area contributed by atoms with Crippen LogP contribution in [-0.2, 0) is 9.53 Å². The van der Waals surface area contributed by atoms with Gasteiger partial charge in [0.2, 0.25) is 5.91 Å². The van der Waals surface area contributed by atoms with Crippen molar-refractivity contribution in [2.24, 2.45) is 5.73 Å². The summed E-state index contributed by atoms with van der Waals surface area (Å²) in [5, 5.41) is 0.596. The van der Waals surface area contributed by atoms with Crippen LogP contribution in [0.4, 0.5) is 0 Å². The van der Waals surface area contributed by atoms with Crippen LogP contribution < -0.4 is 5.73 Å². The molecule has 1 amide bonds. The lowest BCUT2D eigenvalue weighted by atomic mass is 10.0. The number of likely N-dealkylation sites (tertiary alicyclic amines) is 1. The molecule has 1 aliphatic heterocycles. The number of nitrogens with two attached hydrogens (primary N) is 1. The molecule has 24 heavy (non-hydrogen) atoms. The lowest BCUT2D eigenvalue weighted by Gasteiger charge is -2.32. The number of piperidine rings is 1. The number of rotatable bonds is 8. The zero-order valence-electron chi connectivity index (χ0n) is 13.9. The van der Waals surface area contributed by atoms with Gasteiger partial charge in [0.25, 0.3) is 0 Å². The molecule has 1 heterocycles. The van der Waals surface area contributed by atoms with Crippen molar-refractivity contribution in [1.29, 1.82) is 0 Å². The number of ketones is 1. The van der Waals surface area contributed by atoms with E-state index in [1.54, 1.807) is 24.3 Å². The molecule has 0 bridgehead atoms. The van der Waals surface area contributed by atoms with Crippen LogP contribution >= 0.6 is 11.6 Å². The maximum absolute atomic E-state index is 12.3. The van der Waals surface area contributed by atoms with E-state index < -0.39 is 0 Å². The molecule has 0 aromatic heterocycles. The van der Waals surface area contributed by atoms with Crippen LogP contribution in [-0.4, -0.2) is 48.9 Å². The molecule has 0 saturated carbocycles. The minimum atomic E-state index is -0.0278. The van der Waals surface area contributed by atoms with Gasteiger partial charge in [0.05, 0.1) is 6.10 Å². The smallest absolute Gasteiger partial charge is 0.223 e. The summed E-state index contributed by atoms with van der Waals surface area (Å²) in [7, 11) is 0. The third-order valence-corrected chi connectivity index (χ3v) is 4.48. The summed E-state index contributed by atoms with van der Waals surface area (Å²) in [6, 6.07) is 6.76. The highest BCUT2D eigenvalue weighted by atomic mass is 35.5. The Labute approximate surface area is 148 Å². The monoisotopic (exact) mass is 352 g/mol. The van der Waals surface area contributed by atoms with Crippen LogP contribution in [0.15, 0.2) is 24.3 Å². The Morgan fingerprint density at radius 3 is 2.46 bits per heavy atom. The fourth-order valence-electron chi connectivity index (χ4n) is 2.76. The zero-order chi connectivity index (χ0) is 17.4. The Hall–Kier alpha value is -1.43. The molecule has 1 aromatic carbocycles. The second-order valence-electron chi connectivity index (χ2n) is 6.02. The van der Waals surface area contributed by atoms with E-state index in [2.05, 4.69) is 0 Å². The number of carbonyl (C=O) groups is 2. The van der Waals surface area contributed by atoms with E-state index in [4.69, 9.17) is 22.1 Å². The highest BCUT2D eigenvalue weighted by molar-refractivity contribution is 6.30. The predicted octanol–water partition coefficient (Wildman–Crippen LogP) is 2.66. The fraction of sp³-hybridized carbons (Fsp3) is 0.556. The molecule has 5 nitrogen and oxygen atoms in total. The molecule has 2 rings (SSSR count). The minimum Gasteiger partial charge on any atom is -0.378 e. The average molecular weight is 353 g/mol. The van der Waals surface area contributed by atoms with Crippen molar-refractivity contribution in [2.75, 3.05) is 26.2 Å². The molecular weight excluding hydrogens is 328 g/mol. The van der Waals surface area contributed by atoms with E-state index in [1.807, 2.05) is 4.90 Å². The number of halogens is 1. The van der Waals surface area contributed by atoms with Crippen molar-refractivity contribution in [2.45, 2.75) is 38.2 Å². The lowest BCUT2D eigenvalue weighted by Crippen LogP contribution is -2.41. The van der Waals surface area contributed by atoms with Gasteiger partial charge in [0.15, 0.2) is 5.78 Å². The van der Waals surface area contributed by atoms with Crippen LogP contribution in [0.5, 0.6) is 0 Å². The number of hydrogen-bond donors (Lipinski definition) is 1. The molecule has 0 radical (unpaired) electrons. The minimum absolute atomic E-state index is 0.0278. The first-order chi connectivity index (χ1) is 11.6. The van der Waals surface area contributed by atoms with Crippen molar-refractivity contribution >= 4 is 23.3 Å². The molecule has 2 N–H and O–H groups in total. The molecule has 132 valence electrons. The molecule has 1 aromatic rings. The topological polar surface area (TPSA) is 72.6 Å². The third-order valence-electron chi connectivity index (χ3n) is 4.23. The van der Waals surface area contributed by atoms with Crippen LogP contribution in [0.3, 0.4) is 0 Å². The standard InChI is InChI=1S/C18H25ClN2O3/c19-15-4-2-14(3-5-15)17(22)6-7-18(23)21-11-8-16(9-12-21)24-13-1-10-20/h2-5,16H,1,6-13,20H2. The van der Waals surface area contributed by atoms with Gasteiger partial charge in [-0.25, -0.2) is 0 Å². The van der Waals surface area contributed by atoms with Crippen molar-refractivity contribution < 1.29 is 14.3 Å². The van der Waals surface area contributed by atoms with Gasteiger partial charge in [0.1, 0.15) is 0 Å². The summed E-state index contributed by atoms with van der Waals surface area (Å²) in [4.78, 5) is 26.2. The van der Waals surface area contributed by atoms with Gasteiger partial charge in [-0.15, -0.1) is 0 Å². The molecule has 1 saturated heterocycles. The Morgan fingerprint density at radius 1 is 1.17 bits per heavy atom. The Kier molecular flexibility index (Phi) is 7.69. The Morgan fingerprint density at radius 2 is 1.83 bits per heavy atom. The van der Waals surface area contributed by atoms with Gasteiger partial charge in [-0.05, 0) is 50.1 Å². The maximum atomic E-state index is 12.3. The first-order valence-corrected chi connectivity index (χ1v) is 8.86. The summed E-state index contributed by atoms with van der Waals surface area (Å²) in [5.74, 6) is 0.0118. The van der Waals surface area contributed by atoms with E-state index >= 15 is 0 Å². The van der Waals surface area contributed by atoms with Crippen LogP contribution in [0.2, 0.25) is 5.02 Å². The van der Waals surface area contributed by atoms with E-state index in [1.165, 1.54) is 0 Å². The zero-order valence-corrected chi connectivity index (χ0v) is 14.6. The molecule has 0 atom stereocenters. The first kappa shape index (κ1) is 18.9. The summed E-state index contributed by atoms with van der Waals surface area (Å²) in [6.45, 7) is 2.71. The SMILES string of the molecule is NCCCOC1CCN(C(=O)CCC(=O)c2ccc(Cl)cc2)CC1. The number of hydrogen-bond acceptors (Lipinski definition) is 4. The van der Waals surface area contributed by atoms with Crippen LogP contribution in [0.1, 0.15) is 42.5 Å². The van der Waals surface area contributed by atoms with E-state index in [-0.39, 0.29) is 30.6 Å². The average Bonchev–Trinajstić information content (AvgIpc) is 2.61. The summed E-state index contributed by atoms with van der Waals surface area (Å²) < 4.78 is 5.73. The van der Waals surface area contributed by atoms with Crippen molar-refractivity contribution in [3.05, 3.63) is 34.9 Å². The normalized spacial score (nSPS) is 15.5. The quantitative estimate of drug-likeness (QED) is 0.576. The van der Waals surface area contributed by atoms with E-state index in [0.29, 0.717) is 36.8 Å². The van der Waals surface area contributed by atoms with Crippen LogP contribution in [0.25, 0.3) is 0 Å². The summed E-state index contributed by atoms with van der Waals surface area (Å²) in [6.07, 6.45) is 3.26. The number of carbonyl (C=O) groups excluding carboxylic acids is 2. The Balaban J connectivity index is 1.70. The van der Waals surface area contributed by atoms with E-state index in [0.717, 1.165) is 19.3 Å².